The number of hydrogen-bond donors (Lipinski definition) is 1. The fourth-order valence-electron chi connectivity index (χ4n) is 1.45. The summed E-state index contributed by atoms with van der Waals surface area (Å²) >= 11 is 0. The van der Waals surface area contributed by atoms with E-state index in [4.69, 9.17) is 15.3 Å². The molecule has 5 nitrogen and oxygen atoms in total. The maximum absolute atomic E-state index is 12.0. The van der Waals surface area contributed by atoms with E-state index in [1.54, 1.807) is 13.2 Å². The molecule has 0 fully saturated rings. The molecule has 18 heavy (non-hydrogen) atoms. The second-order valence-electron chi connectivity index (χ2n) is 5.39. The largest absolute Gasteiger partial charge is 0.554 e. The first-order chi connectivity index (χ1) is 8.27. The Morgan fingerprint density at radius 1 is 1.56 bits per heavy atom. The maximum Gasteiger partial charge on any atom is 0.554 e. The maximum atomic E-state index is 12.0. The van der Waals surface area contributed by atoms with Crippen molar-refractivity contribution in [3.63, 3.8) is 0 Å². The third-order valence-corrected chi connectivity index (χ3v) is 2.32. The molecule has 0 saturated heterocycles. The predicted octanol–water partition coefficient (Wildman–Crippen LogP) is 2.10. The van der Waals surface area contributed by atoms with Gasteiger partial charge in [0.05, 0.1) is 0 Å². The van der Waals surface area contributed by atoms with Gasteiger partial charge in [-0.1, -0.05) is 10.7 Å². The summed E-state index contributed by atoms with van der Waals surface area (Å²) in [6.45, 7) is 6.09. The van der Waals surface area contributed by atoms with E-state index in [1.165, 1.54) is 0 Å². The zero-order chi connectivity index (χ0) is 13.8. The van der Waals surface area contributed by atoms with E-state index >= 15 is 0 Å². The van der Waals surface area contributed by atoms with Crippen LogP contribution in [0.5, 0.6) is 0 Å². The molecule has 0 aromatic heterocycles. The topological polar surface area (TPSA) is 61.5 Å². The van der Waals surface area contributed by atoms with Gasteiger partial charge >= 0.3 is 6.09 Å². The van der Waals surface area contributed by atoms with Gasteiger partial charge in [0.2, 0.25) is 0 Å². The first-order valence-electron chi connectivity index (χ1n) is 6.11. The molecule has 0 aromatic carbocycles. The van der Waals surface area contributed by atoms with Gasteiger partial charge < -0.3 is 10.5 Å². The summed E-state index contributed by atoms with van der Waals surface area (Å²) in [4.78, 5) is 17.6. The lowest BCUT2D eigenvalue weighted by molar-refractivity contribution is -0.986. The summed E-state index contributed by atoms with van der Waals surface area (Å²) in [5.74, 6) is 0. The minimum Gasteiger partial charge on any atom is -0.412 e. The van der Waals surface area contributed by atoms with Crippen LogP contribution >= 0.6 is 0 Å². The van der Waals surface area contributed by atoms with Crippen molar-refractivity contribution in [2.24, 2.45) is 5.73 Å². The van der Waals surface area contributed by atoms with E-state index in [9.17, 15) is 4.79 Å². The number of amides is 1. The Labute approximate surface area is 108 Å². The summed E-state index contributed by atoms with van der Waals surface area (Å²) in [5, 5.41) is 0. The first kappa shape index (κ1) is 14.9. The Morgan fingerprint density at radius 2 is 2.22 bits per heavy atom. The average Bonchev–Trinajstić information content (AvgIpc) is 2.60. The zero-order valence-corrected chi connectivity index (χ0v) is 11.6. The molecule has 2 unspecified atom stereocenters. The van der Waals surface area contributed by atoms with E-state index in [0.717, 1.165) is 6.42 Å². The van der Waals surface area contributed by atoms with Crippen LogP contribution in [-0.4, -0.2) is 36.0 Å². The lowest BCUT2D eigenvalue weighted by atomic mass is 10.2. The van der Waals surface area contributed by atoms with E-state index in [0.29, 0.717) is 6.54 Å². The van der Waals surface area contributed by atoms with Crippen molar-refractivity contribution in [3.05, 3.63) is 24.4 Å². The quantitative estimate of drug-likeness (QED) is 0.619. The third-order valence-electron chi connectivity index (χ3n) is 2.32. The molecule has 2 N–H and O–H groups in total. The molecule has 1 heterocycles. The predicted molar refractivity (Wildman–Crippen MR) is 69.2 cm³/mol. The van der Waals surface area contributed by atoms with Crippen LogP contribution in [-0.2, 0) is 9.57 Å². The SMILES string of the molecule is CC(C)(C)OC(=O)[N+]1(C)C=CC(/C=C/CCN)O1. The molecule has 0 saturated carbocycles. The smallest absolute Gasteiger partial charge is 0.412 e. The van der Waals surface area contributed by atoms with Crippen LogP contribution in [0.25, 0.3) is 0 Å². The highest BCUT2D eigenvalue weighted by Gasteiger charge is 2.42. The Bertz CT molecular complexity index is 358. The van der Waals surface area contributed by atoms with Gasteiger partial charge in [0.1, 0.15) is 18.8 Å². The second-order valence-corrected chi connectivity index (χ2v) is 5.39. The number of nitrogens with two attached hydrogens (primary N) is 1. The number of nitrogens with zero attached hydrogens (tertiary/aromatic N) is 1. The van der Waals surface area contributed by atoms with Crippen molar-refractivity contribution >= 4 is 6.09 Å². The summed E-state index contributed by atoms with van der Waals surface area (Å²) < 4.78 is 5.01. The fraction of sp³-hybridized carbons (Fsp3) is 0.615. The molecule has 0 aliphatic carbocycles. The van der Waals surface area contributed by atoms with Gasteiger partial charge in [0.25, 0.3) is 0 Å². The van der Waals surface area contributed by atoms with Gasteiger partial charge in [0, 0.05) is 6.08 Å². The molecule has 1 amide bonds. The van der Waals surface area contributed by atoms with E-state index in [-0.39, 0.29) is 10.8 Å². The lowest BCUT2D eigenvalue weighted by Crippen LogP contribution is -2.46. The minimum atomic E-state index is -0.525. The Kier molecular flexibility index (Phi) is 4.67. The normalized spacial score (nSPS) is 27.9. The summed E-state index contributed by atoms with van der Waals surface area (Å²) in [5.41, 5.74) is 4.87. The average molecular weight is 255 g/mol. The van der Waals surface area contributed by atoms with Crippen molar-refractivity contribution in [2.45, 2.75) is 38.9 Å². The molecule has 0 bridgehead atoms. The molecule has 0 radical (unpaired) electrons. The lowest BCUT2D eigenvalue weighted by Gasteiger charge is -2.25. The standard InChI is InChI=1S/C13H23N2O3/c1-13(2,3)17-12(16)15(4)10-8-11(18-15)7-5-6-9-14/h5,7-8,10-11H,6,9,14H2,1-4H3/q+1/b7-5+. The zero-order valence-electron chi connectivity index (χ0n) is 11.6. The number of hydroxylamine groups is 3. The first-order valence-corrected chi connectivity index (χ1v) is 6.11. The summed E-state index contributed by atoms with van der Waals surface area (Å²) in [7, 11) is 1.65. The number of carbonyl (C=O) groups is 1. The van der Waals surface area contributed by atoms with Crippen LogP contribution in [0.1, 0.15) is 27.2 Å². The van der Waals surface area contributed by atoms with Crippen molar-refractivity contribution in [2.75, 3.05) is 13.6 Å². The molecular weight excluding hydrogens is 232 g/mol. The van der Waals surface area contributed by atoms with Crippen molar-refractivity contribution in [1.29, 1.82) is 0 Å². The molecule has 1 rings (SSSR count). The molecular formula is C13H23N2O3+. The molecule has 5 heteroatoms. The number of quaternary nitrogens is 1. The summed E-state index contributed by atoms with van der Waals surface area (Å²) in [6.07, 6.45) is 7.51. The Balaban J connectivity index is 2.58. The third kappa shape index (κ3) is 4.25. The van der Waals surface area contributed by atoms with Crippen molar-refractivity contribution in [3.8, 4) is 0 Å². The minimum absolute atomic E-state index is 0.214. The van der Waals surface area contributed by atoms with Gasteiger partial charge in [-0.05, 0) is 39.8 Å². The Morgan fingerprint density at radius 3 is 2.78 bits per heavy atom. The molecule has 0 spiro atoms. The van der Waals surface area contributed by atoms with Crippen LogP contribution in [0.15, 0.2) is 24.4 Å². The number of carbonyl (C=O) groups excluding carboxylic acids is 1. The molecule has 2 atom stereocenters. The van der Waals surface area contributed by atoms with Gasteiger partial charge in [-0.15, -0.1) is 0 Å². The fourth-order valence-corrected chi connectivity index (χ4v) is 1.45. The van der Waals surface area contributed by atoms with Crippen LogP contribution in [0.4, 0.5) is 4.79 Å². The van der Waals surface area contributed by atoms with Crippen LogP contribution < -0.4 is 5.73 Å². The van der Waals surface area contributed by atoms with Crippen molar-refractivity contribution in [1.82, 2.24) is 0 Å². The molecule has 0 aromatic rings. The highest BCUT2D eigenvalue weighted by Crippen LogP contribution is 2.23. The van der Waals surface area contributed by atoms with Crippen LogP contribution in [0, 0.1) is 0 Å². The van der Waals surface area contributed by atoms with Gasteiger partial charge in [-0.2, -0.15) is 9.63 Å². The molecule has 102 valence electrons. The monoisotopic (exact) mass is 255 g/mol. The van der Waals surface area contributed by atoms with Crippen LogP contribution in [0.2, 0.25) is 0 Å². The number of hydrogen-bond acceptors (Lipinski definition) is 4. The number of ether oxygens (including phenoxy) is 1. The van der Waals surface area contributed by atoms with E-state index in [1.807, 2.05) is 39.0 Å². The molecule has 1 aliphatic heterocycles. The summed E-state index contributed by atoms with van der Waals surface area (Å²) in [6, 6.07) is 0. The highest BCUT2D eigenvalue weighted by molar-refractivity contribution is 5.60. The molecule has 1 aliphatic rings. The Hall–Kier alpha value is -1.17. The second kappa shape index (κ2) is 5.65. The van der Waals surface area contributed by atoms with Gasteiger partial charge in [0.15, 0.2) is 6.10 Å². The number of rotatable bonds is 3. The van der Waals surface area contributed by atoms with Gasteiger partial charge in [-0.25, -0.2) is 0 Å². The van der Waals surface area contributed by atoms with Crippen molar-refractivity contribution < 1.29 is 19.0 Å². The highest BCUT2D eigenvalue weighted by atomic mass is 16.8. The van der Waals surface area contributed by atoms with Crippen LogP contribution in [0.3, 0.4) is 0 Å². The van der Waals surface area contributed by atoms with E-state index in [2.05, 4.69) is 0 Å². The van der Waals surface area contributed by atoms with Gasteiger partial charge in [-0.3, -0.25) is 0 Å². The van der Waals surface area contributed by atoms with E-state index < -0.39 is 11.7 Å².